The van der Waals surface area contributed by atoms with Crippen molar-refractivity contribution in [2.75, 3.05) is 7.11 Å². The second-order valence-corrected chi connectivity index (χ2v) is 6.96. The highest BCUT2D eigenvalue weighted by atomic mass is 16.5. The van der Waals surface area contributed by atoms with Gasteiger partial charge in [-0.1, -0.05) is 41.5 Å². The van der Waals surface area contributed by atoms with Crippen LogP contribution in [-0.4, -0.2) is 17.1 Å². The van der Waals surface area contributed by atoms with Gasteiger partial charge in [0.2, 0.25) is 0 Å². The molecule has 0 spiro atoms. The highest BCUT2D eigenvalue weighted by Gasteiger charge is 2.07. The summed E-state index contributed by atoms with van der Waals surface area (Å²) in [7, 11) is 1.70. The fourth-order valence-corrected chi connectivity index (χ4v) is 2.73. The Labute approximate surface area is 153 Å². The van der Waals surface area contributed by atoms with Crippen LogP contribution in [-0.2, 0) is 12.8 Å². The average molecular weight is 343 g/mol. The van der Waals surface area contributed by atoms with Crippen molar-refractivity contribution in [1.82, 2.24) is 9.97 Å². The lowest BCUT2D eigenvalue weighted by Gasteiger charge is -2.11. The predicted molar refractivity (Wildman–Crippen MR) is 107 cm³/mol. The fraction of sp³-hybridized carbons (Fsp3) is 0.545. The Kier molecular flexibility index (Phi) is 8.60. The minimum absolute atomic E-state index is 0.466. The second kappa shape index (κ2) is 10.2. The van der Waals surface area contributed by atoms with Crippen LogP contribution >= 0.6 is 0 Å². The van der Waals surface area contributed by atoms with Crippen LogP contribution in [0.2, 0.25) is 0 Å². The highest BCUT2D eigenvalue weighted by Crippen LogP contribution is 2.25. The number of ether oxygens (including phenoxy) is 1. The van der Waals surface area contributed by atoms with E-state index in [0.29, 0.717) is 11.8 Å². The molecule has 2 heterocycles. The summed E-state index contributed by atoms with van der Waals surface area (Å²) in [4.78, 5) is 8.66. The van der Waals surface area contributed by atoms with Gasteiger partial charge in [-0.05, 0) is 48.8 Å². The summed E-state index contributed by atoms with van der Waals surface area (Å²) in [6.07, 6.45) is 6.08. The first-order chi connectivity index (χ1) is 11.8. The van der Waals surface area contributed by atoms with Crippen molar-refractivity contribution in [3.05, 3.63) is 52.6 Å². The second-order valence-electron chi connectivity index (χ2n) is 6.96. The maximum Gasteiger partial charge on any atom is 0.125 e. The maximum absolute atomic E-state index is 5.25. The molecule has 0 atom stereocenters. The molecule has 0 aliphatic carbocycles. The Balaban J connectivity index is 0.000000251. The van der Waals surface area contributed by atoms with Crippen LogP contribution in [0.5, 0.6) is 5.75 Å². The standard InChI is InChI=1S/C12H19N.C10H15NO/c1-5-10-7-11(6-2)13-8-12(10)9(3)4;1-7(2)9-6-11-8(3)5-10(9)12-4/h7-9H,5-6H2,1-4H3;5-7H,1-4H3. The molecule has 3 nitrogen and oxygen atoms in total. The van der Waals surface area contributed by atoms with Crippen LogP contribution in [0.3, 0.4) is 0 Å². The van der Waals surface area contributed by atoms with Gasteiger partial charge in [0.05, 0.1) is 7.11 Å². The van der Waals surface area contributed by atoms with Crippen LogP contribution < -0.4 is 4.74 Å². The summed E-state index contributed by atoms with van der Waals surface area (Å²) in [6.45, 7) is 15.0. The summed E-state index contributed by atoms with van der Waals surface area (Å²) < 4.78 is 5.25. The number of hydrogen-bond acceptors (Lipinski definition) is 3. The number of aromatic nitrogens is 2. The van der Waals surface area contributed by atoms with Gasteiger partial charge in [-0.2, -0.15) is 0 Å². The minimum atomic E-state index is 0.466. The predicted octanol–water partition coefficient (Wildman–Crippen LogP) is 5.85. The van der Waals surface area contributed by atoms with E-state index >= 15 is 0 Å². The molecule has 0 saturated heterocycles. The Morgan fingerprint density at radius 3 is 1.96 bits per heavy atom. The molecule has 0 aliphatic heterocycles. The van der Waals surface area contributed by atoms with Crippen LogP contribution in [0.25, 0.3) is 0 Å². The van der Waals surface area contributed by atoms with Gasteiger partial charge in [0.1, 0.15) is 5.75 Å². The molecule has 138 valence electrons. The van der Waals surface area contributed by atoms with Crippen LogP contribution in [0.1, 0.15) is 81.5 Å². The molecule has 0 radical (unpaired) electrons. The van der Waals surface area contributed by atoms with Crippen molar-refractivity contribution < 1.29 is 4.74 Å². The minimum Gasteiger partial charge on any atom is -0.496 e. The number of rotatable bonds is 5. The van der Waals surface area contributed by atoms with Crippen LogP contribution in [0, 0.1) is 6.92 Å². The van der Waals surface area contributed by atoms with Gasteiger partial charge in [0, 0.05) is 35.4 Å². The van der Waals surface area contributed by atoms with Gasteiger partial charge >= 0.3 is 0 Å². The van der Waals surface area contributed by atoms with E-state index in [0.717, 1.165) is 24.3 Å². The molecule has 25 heavy (non-hydrogen) atoms. The van der Waals surface area contributed by atoms with E-state index in [1.165, 1.54) is 22.4 Å². The van der Waals surface area contributed by atoms with Gasteiger partial charge in [-0.15, -0.1) is 0 Å². The van der Waals surface area contributed by atoms with Gasteiger partial charge < -0.3 is 4.74 Å². The third kappa shape index (κ3) is 6.15. The van der Waals surface area contributed by atoms with Gasteiger partial charge in [-0.25, -0.2) is 0 Å². The smallest absolute Gasteiger partial charge is 0.125 e. The first kappa shape index (κ1) is 21.1. The molecule has 0 unspecified atom stereocenters. The van der Waals surface area contributed by atoms with Crippen LogP contribution in [0.4, 0.5) is 0 Å². The van der Waals surface area contributed by atoms with E-state index in [2.05, 4.69) is 57.6 Å². The molecule has 2 aromatic rings. The number of hydrogen-bond donors (Lipinski definition) is 0. The molecular formula is C22H34N2O. The summed E-state index contributed by atoms with van der Waals surface area (Å²) in [6, 6.07) is 4.21. The van der Waals surface area contributed by atoms with Crippen molar-refractivity contribution in [3.63, 3.8) is 0 Å². The van der Waals surface area contributed by atoms with E-state index in [-0.39, 0.29) is 0 Å². The molecule has 3 heteroatoms. The van der Waals surface area contributed by atoms with E-state index in [1.807, 2.05) is 25.4 Å². The monoisotopic (exact) mass is 342 g/mol. The molecule has 2 rings (SSSR count). The zero-order valence-electron chi connectivity index (χ0n) is 17.2. The molecule has 0 amide bonds. The van der Waals surface area contributed by atoms with Crippen molar-refractivity contribution in [3.8, 4) is 5.75 Å². The maximum atomic E-state index is 5.25. The van der Waals surface area contributed by atoms with Crippen LogP contribution in [0.15, 0.2) is 24.5 Å². The highest BCUT2D eigenvalue weighted by molar-refractivity contribution is 5.34. The summed E-state index contributed by atoms with van der Waals surface area (Å²) in [5.41, 5.74) is 6.24. The Hall–Kier alpha value is -1.90. The zero-order chi connectivity index (χ0) is 19.0. The molecular weight excluding hydrogens is 308 g/mol. The van der Waals surface area contributed by atoms with Gasteiger partial charge in [0.25, 0.3) is 0 Å². The fourth-order valence-electron chi connectivity index (χ4n) is 2.73. The molecule has 0 bridgehead atoms. The van der Waals surface area contributed by atoms with E-state index in [4.69, 9.17) is 4.74 Å². The molecule has 0 saturated carbocycles. The number of methoxy groups -OCH3 is 1. The summed E-state index contributed by atoms with van der Waals surface area (Å²) in [5, 5.41) is 0. The Morgan fingerprint density at radius 2 is 1.48 bits per heavy atom. The number of pyridine rings is 2. The van der Waals surface area contributed by atoms with Crippen molar-refractivity contribution in [1.29, 1.82) is 0 Å². The van der Waals surface area contributed by atoms with Crippen molar-refractivity contribution in [2.45, 2.75) is 73.1 Å². The quantitative estimate of drug-likeness (QED) is 0.683. The summed E-state index contributed by atoms with van der Waals surface area (Å²) in [5.74, 6) is 2.00. The van der Waals surface area contributed by atoms with Gasteiger partial charge in [0.15, 0.2) is 0 Å². The Bertz CT molecular complexity index is 663. The topological polar surface area (TPSA) is 35.0 Å². The lowest BCUT2D eigenvalue weighted by molar-refractivity contribution is 0.406. The first-order valence-electron chi connectivity index (χ1n) is 9.32. The largest absolute Gasteiger partial charge is 0.496 e. The first-order valence-corrected chi connectivity index (χ1v) is 9.32. The number of nitrogens with zero attached hydrogens (tertiary/aromatic N) is 2. The third-order valence-corrected chi connectivity index (χ3v) is 4.32. The zero-order valence-corrected chi connectivity index (χ0v) is 17.2. The lowest BCUT2D eigenvalue weighted by Crippen LogP contribution is -1.99. The molecule has 0 aromatic carbocycles. The van der Waals surface area contributed by atoms with E-state index in [1.54, 1.807) is 7.11 Å². The third-order valence-electron chi connectivity index (χ3n) is 4.32. The van der Waals surface area contributed by atoms with E-state index in [9.17, 15) is 0 Å². The number of aryl methyl sites for hydroxylation is 3. The molecule has 0 fully saturated rings. The van der Waals surface area contributed by atoms with Crippen molar-refractivity contribution >= 4 is 0 Å². The SMILES string of the molecule is CCc1cc(CC)c(C(C)C)cn1.COc1cc(C)ncc1C(C)C. The summed E-state index contributed by atoms with van der Waals surface area (Å²) >= 11 is 0. The molecule has 2 aromatic heterocycles. The average Bonchev–Trinajstić information content (AvgIpc) is 2.60. The normalized spacial score (nSPS) is 10.6. The lowest BCUT2D eigenvalue weighted by atomic mass is 9.97. The van der Waals surface area contributed by atoms with E-state index < -0.39 is 0 Å². The molecule has 0 N–H and O–H groups in total. The van der Waals surface area contributed by atoms with Gasteiger partial charge in [-0.3, -0.25) is 9.97 Å². The Morgan fingerprint density at radius 1 is 0.880 bits per heavy atom. The van der Waals surface area contributed by atoms with Crippen molar-refractivity contribution in [2.24, 2.45) is 0 Å². The molecule has 0 aliphatic rings.